The summed E-state index contributed by atoms with van der Waals surface area (Å²) < 4.78 is 21.3. The summed E-state index contributed by atoms with van der Waals surface area (Å²) in [6, 6.07) is 9.36. The van der Waals surface area contributed by atoms with E-state index in [4.69, 9.17) is 18.9 Å². The first-order chi connectivity index (χ1) is 15.3. The Hall–Kier alpha value is -2.60. The average Bonchev–Trinajstić information content (AvgIpc) is 3.46. The molecule has 0 radical (unpaired) electrons. The highest BCUT2D eigenvalue weighted by Gasteiger charge is 2.93. The fourth-order valence-electron chi connectivity index (χ4n) is 6.02. The molecule has 10 heteroatoms. The molecular weight excluding hydrogens is 424 g/mol. The van der Waals surface area contributed by atoms with Gasteiger partial charge in [-0.25, -0.2) is 0 Å². The van der Waals surface area contributed by atoms with Gasteiger partial charge in [-0.15, -0.1) is 0 Å². The molecule has 6 rings (SSSR count). The zero-order valence-electron chi connectivity index (χ0n) is 16.7. The van der Waals surface area contributed by atoms with Crippen molar-refractivity contribution in [2.24, 2.45) is 0 Å². The second kappa shape index (κ2) is 6.25. The summed E-state index contributed by atoms with van der Waals surface area (Å²) >= 11 is 0. The van der Waals surface area contributed by atoms with Crippen LogP contribution in [0.1, 0.15) is 23.0 Å². The van der Waals surface area contributed by atoms with E-state index in [0.29, 0.717) is 34.1 Å². The molecule has 32 heavy (non-hydrogen) atoms. The highest BCUT2D eigenvalue weighted by Crippen LogP contribution is 2.75. The summed E-state index contributed by atoms with van der Waals surface area (Å²) in [4.78, 5) is 0. The summed E-state index contributed by atoms with van der Waals surface area (Å²) in [6.45, 7) is -0.838. The molecular formula is C22H22O10. The van der Waals surface area contributed by atoms with E-state index in [9.17, 15) is 30.6 Å². The molecule has 0 aromatic heterocycles. The zero-order valence-corrected chi connectivity index (χ0v) is 16.7. The monoisotopic (exact) mass is 446 g/mol. The van der Waals surface area contributed by atoms with Crippen molar-refractivity contribution in [1.29, 1.82) is 0 Å². The first kappa shape index (κ1) is 20.0. The van der Waals surface area contributed by atoms with Crippen LogP contribution < -0.4 is 18.9 Å². The second-order valence-electron chi connectivity index (χ2n) is 8.70. The lowest BCUT2D eigenvalue weighted by atomic mass is 9.30. The lowest BCUT2D eigenvalue weighted by molar-refractivity contribution is -0.459. The maximum absolute atomic E-state index is 11.6. The number of aliphatic hydroxyl groups is 6. The summed E-state index contributed by atoms with van der Waals surface area (Å²) in [5, 5.41) is 66.1. The van der Waals surface area contributed by atoms with E-state index in [-0.39, 0.29) is 13.6 Å². The molecule has 6 N–H and O–H groups in total. The van der Waals surface area contributed by atoms with E-state index in [0.717, 1.165) is 0 Å². The van der Waals surface area contributed by atoms with Crippen LogP contribution in [-0.2, 0) is 0 Å². The minimum Gasteiger partial charge on any atom is -0.454 e. The average molecular weight is 446 g/mol. The third-order valence-electron chi connectivity index (χ3n) is 7.48. The molecule has 4 aliphatic rings. The van der Waals surface area contributed by atoms with Crippen molar-refractivity contribution in [3.8, 4) is 23.0 Å². The Kier molecular flexibility index (Phi) is 3.91. The fraction of sp³-hybridized carbons (Fsp3) is 0.455. The summed E-state index contributed by atoms with van der Waals surface area (Å²) in [5.74, 6) is -0.776. The van der Waals surface area contributed by atoms with Crippen LogP contribution in [-0.4, -0.2) is 79.8 Å². The van der Waals surface area contributed by atoms with E-state index in [2.05, 4.69) is 0 Å². The van der Waals surface area contributed by atoms with Gasteiger partial charge in [0.1, 0.15) is 22.9 Å². The summed E-state index contributed by atoms with van der Waals surface area (Å²) in [6.07, 6.45) is -3.30. The molecule has 2 saturated carbocycles. The highest BCUT2D eigenvalue weighted by molar-refractivity contribution is 5.59. The predicted octanol–water partition coefficient (Wildman–Crippen LogP) is -1.05. The van der Waals surface area contributed by atoms with Crippen LogP contribution in [0, 0.1) is 0 Å². The maximum atomic E-state index is 11.6. The zero-order chi connectivity index (χ0) is 22.5. The van der Waals surface area contributed by atoms with Crippen LogP contribution >= 0.6 is 0 Å². The van der Waals surface area contributed by atoms with Crippen molar-refractivity contribution in [2.45, 2.75) is 40.8 Å². The Balaban J connectivity index is 1.46. The van der Waals surface area contributed by atoms with Gasteiger partial charge in [-0.05, 0) is 35.4 Å². The molecule has 7 atom stereocenters. The van der Waals surface area contributed by atoms with Gasteiger partial charge in [0.15, 0.2) is 23.0 Å². The third kappa shape index (κ3) is 2.01. The first-order valence-electron chi connectivity index (χ1n) is 10.2. The van der Waals surface area contributed by atoms with Gasteiger partial charge in [-0.2, -0.15) is 0 Å². The first-order valence-corrected chi connectivity index (χ1v) is 10.2. The van der Waals surface area contributed by atoms with Crippen LogP contribution in [0.15, 0.2) is 36.4 Å². The number of hydrogen-bond donors (Lipinski definition) is 6. The van der Waals surface area contributed by atoms with Crippen LogP contribution in [0.4, 0.5) is 0 Å². The van der Waals surface area contributed by atoms with Crippen molar-refractivity contribution in [3.63, 3.8) is 0 Å². The van der Waals surface area contributed by atoms with Gasteiger partial charge in [-0.3, -0.25) is 0 Å². The normalized spacial score (nSPS) is 39.1. The molecule has 2 heterocycles. The number of ether oxygens (including phenoxy) is 4. The van der Waals surface area contributed by atoms with Crippen molar-refractivity contribution in [2.75, 3.05) is 20.2 Å². The standard InChI is InChI=1S/C22H22O10/c23-7-16(24)20(26)18(11-2-4-13-15(6-11)32-9-30-13)21(27)19(25)17(22(20,21)28)10-1-3-12-14(5-10)31-8-29-12/h1-6,16-19,23-28H,7-9H2/t16-,17?,18?,19?,20+,21+,22+/m1/s1. The van der Waals surface area contributed by atoms with Crippen molar-refractivity contribution < 1.29 is 49.6 Å². The van der Waals surface area contributed by atoms with E-state index in [1.54, 1.807) is 30.3 Å². The van der Waals surface area contributed by atoms with Crippen LogP contribution in [0.25, 0.3) is 0 Å². The molecule has 0 amide bonds. The van der Waals surface area contributed by atoms with Crippen LogP contribution in [0.5, 0.6) is 23.0 Å². The molecule has 3 unspecified atom stereocenters. The van der Waals surface area contributed by atoms with Crippen molar-refractivity contribution >= 4 is 0 Å². The smallest absolute Gasteiger partial charge is 0.231 e. The number of hydrogen-bond acceptors (Lipinski definition) is 10. The molecule has 0 bridgehead atoms. The predicted molar refractivity (Wildman–Crippen MR) is 105 cm³/mol. The Bertz CT molecular complexity index is 1100. The molecule has 10 nitrogen and oxygen atoms in total. The number of benzene rings is 2. The van der Waals surface area contributed by atoms with Gasteiger partial charge < -0.3 is 49.6 Å². The van der Waals surface area contributed by atoms with Gasteiger partial charge in [-0.1, -0.05) is 12.1 Å². The lowest BCUT2D eigenvalue weighted by Crippen LogP contribution is -2.99. The van der Waals surface area contributed by atoms with E-state index in [1.807, 2.05) is 0 Å². The number of rotatable bonds is 4. The van der Waals surface area contributed by atoms with Crippen molar-refractivity contribution in [3.05, 3.63) is 47.5 Å². The minimum atomic E-state index is -2.38. The van der Waals surface area contributed by atoms with E-state index >= 15 is 0 Å². The molecule has 170 valence electrons. The van der Waals surface area contributed by atoms with Crippen LogP contribution in [0.2, 0.25) is 0 Å². The molecule has 2 aromatic rings. The fourth-order valence-corrected chi connectivity index (χ4v) is 6.02. The molecule has 0 saturated heterocycles. The van der Waals surface area contributed by atoms with Gasteiger partial charge in [0.2, 0.25) is 13.6 Å². The van der Waals surface area contributed by atoms with E-state index in [1.165, 1.54) is 6.07 Å². The summed E-state index contributed by atoms with van der Waals surface area (Å²) in [7, 11) is 0. The topological polar surface area (TPSA) is 158 Å². The van der Waals surface area contributed by atoms with Gasteiger partial charge in [0.25, 0.3) is 0 Å². The SMILES string of the molecule is OC[C@@H](O)[C@]1(O)C(c2ccc3c(c2)OCO3)[C@]2(O)C(O)C(c3ccc4c(c3)OCO4)[C@@]21O. The van der Waals surface area contributed by atoms with Gasteiger partial charge in [0, 0.05) is 5.92 Å². The van der Waals surface area contributed by atoms with E-state index < -0.39 is 47.5 Å². The largest absolute Gasteiger partial charge is 0.454 e. The van der Waals surface area contributed by atoms with Crippen LogP contribution in [0.3, 0.4) is 0 Å². The maximum Gasteiger partial charge on any atom is 0.231 e. The summed E-state index contributed by atoms with van der Waals surface area (Å²) in [5.41, 5.74) is -6.27. The molecule has 2 aliphatic carbocycles. The molecule has 2 aliphatic heterocycles. The Morgan fingerprint density at radius 2 is 1.38 bits per heavy atom. The quantitative estimate of drug-likeness (QED) is 0.342. The third-order valence-corrected chi connectivity index (χ3v) is 7.48. The highest BCUT2D eigenvalue weighted by atomic mass is 16.7. The Morgan fingerprint density at radius 3 is 1.97 bits per heavy atom. The molecule has 0 spiro atoms. The van der Waals surface area contributed by atoms with Crippen molar-refractivity contribution in [1.82, 2.24) is 0 Å². The Labute approximate surface area is 181 Å². The van der Waals surface area contributed by atoms with Gasteiger partial charge in [0.05, 0.1) is 18.6 Å². The molecule has 2 fully saturated rings. The lowest BCUT2D eigenvalue weighted by Gasteiger charge is -2.80. The van der Waals surface area contributed by atoms with Gasteiger partial charge >= 0.3 is 0 Å². The molecule has 2 aromatic carbocycles. The number of fused-ring (bicyclic) bond motifs is 3. The Morgan fingerprint density at radius 1 is 0.844 bits per heavy atom. The number of aliphatic hydroxyl groups excluding tert-OH is 3. The second-order valence-corrected chi connectivity index (χ2v) is 8.70. The minimum absolute atomic E-state index is 0.00993.